The number of likely N-dealkylation sites (tertiary alicyclic amines) is 1. The van der Waals surface area contributed by atoms with Crippen molar-refractivity contribution in [3.8, 4) is 5.75 Å². The lowest BCUT2D eigenvalue weighted by molar-refractivity contribution is -0.121. The van der Waals surface area contributed by atoms with Gasteiger partial charge in [0.05, 0.1) is 25.4 Å². The van der Waals surface area contributed by atoms with Gasteiger partial charge in [-0.05, 0) is 37.0 Å². The highest BCUT2D eigenvalue weighted by Gasteiger charge is 2.28. The summed E-state index contributed by atoms with van der Waals surface area (Å²) in [6.45, 7) is 2.06. The van der Waals surface area contributed by atoms with Crippen LogP contribution in [0.5, 0.6) is 5.75 Å². The summed E-state index contributed by atoms with van der Waals surface area (Å²) in [6.07, 6.45) is 6.61. The third-order valence-corrected chi connectivity index (χ3v) is 5.18. The lowest BCUT2D eigenvalue weighted by atomic mass is 10.0. The number of nitrogens with two attached hydrogens (primary N) is 1. The first-order valence-electron chi connectivity index (χ1n) is 10.0. The molecule has 3 rings (SSSR count). The van der Waals surface area contributed by atoms with Crippen LogP contribution in [0.2, 0.25) is 0 Å². The number of nitrogens with zero attached hydrogens (tertiary/aromatic N) is 3. The number of aromatic nitrogens is 2. The largest absolute Gasteiger partial charge is 0.497 e. The summed E-state index contributed by atoms with van der Waals surface area (Å²) >= 11 is 0. The number of ether oxygens (including phenoxy) is 1. The summed E-state index contributed by atoms with van der Waals surface area (Å²) in [4.78, 5) is 26.6. The Kier molecular flexibility index (Phi) is 9.14. The van der Waals surface area contributed by atoms with E-state index in [2.05, 4.69) is 10.4 Å². The van der Waals surface area contributed by atoms with Gasteiger partial charge in [-0.15, -0.1) is 12.4 Å². The number of carbonyl (C=O) groups excluding carboxylic acids is 2. The van der Waals surface area contributed by atoms with Gasteiger partial charge in [0.25, 0.3) is 5.91 Å². The van der Waals surface area contributed by atoms with E-state index in [0.29, 0.717) is 38.2 Å². The normalized spacial score (nSPS) is 15.9. The highest BCUT2D eigenvalue weighted by atomic mass is 35.5. The Hall–Kier alpha value is -2.58. The maximum absolute atomic E-state index is 13.1. The number of carbonyl (C=O) groups is 2. The topological polar surface area (TPSA) is 102 Å². The Morgan fingerprint density at radius 3 is 2.73 bits per heavy atom. The molecule has 1 saturated heterocycles. The predicted molar refractivity (Wildman–Crippen MR) is 117 cm³/mol. The van der Waals surface area contributed by atoms with E-state index in [0.717, 1.165) is 30.6 Å². The van der Waals surface area contributed by atoms with E-state index in [-0.39, 0.29) is 30.3 Å². The molecule has 1 atom stereocenters. The minimum atomic E-state index is -0.0715. The molecule has 2 heterocycles. The van der Waals surface area contributed by atoms with Gasteiger partial charge < -0.3 is 20.7 Å². The van der Waals surface area contributed by atoms with Crippen molar-refractivity contribution in [2.75, 3.05) is 26.7 Å². The van der Waals surface area contributed by atoms with Crippen LogP contribution in [0.15, 0.2) is 36.7 Å². The monoisotopic (exact) mass is 435 g/mol. The zero-order valence-electron chi connectivity index (χ0n) is 17.3. The zero-order chi connectivity index (χ0) is 20.6. The van der Waals surface area contributed by atoms with Gasteiger partial charge in [0.1, 0.15) is 5.75 Å². The number of halogens is 1. The SMILES string of the molecule is COc1ccc(Cn2cc(C(=O)N3CCCCC3CNC(=O)CCN)cn2)cc1.Cl. The van der Waals surface area contributed by atoms with E-state index in [1.54, 1.807) is 24.2 Å². The van der Waals surface area contributed by atoms with Crippen LogP contribution in [0.1, 0.15) is 41.6 Å². The predicted octanol–water partition coefficient (Wildman–Crippen LogP) is 1.82. The smallest absolute Gasteiger partial charge is 0.257 e. The molecular weight excluding hydrogens is 406 g/mol. The van der Waals surface area contributed by atoms with Crippen molar-refractivity contribution in [3.05, 3.63) is 47.8 Å². The standard InChI is InChI=1S/C21H29N5O3.ClH/c1-29-19-7-5-16(6-8-19)14-25-15-17(12-24-25)21(28)26-11-3-2-4-18(26)13-23-20(27)9-10-22;/h5-8,12,15,18H,2-4,9-11,13-14,22H2,1H3,(H,23,27);1H. The minimum Gasteiger partial charge on any atom is -0.497 e. The number of nitrogens with one attached hydrogen (secondary N) is 1. The second kappa shape index (κ2) is 11.6. The number of methoxy groups -OCH3 is 1. The maximum Gasteiger partial charge on any atom is 0.257 e. The fourth-order valence-electron chi connectivity index (χ4n) is 3.58. The van der Waals surface area contributed by atoms with Crippen LogP contribution in [-0.4, -0.2) is 59.3 Å². The minimum absolute atomic E-state index is 0. The molecule has 1 fully saturated rings. The molecule has 2 aromatic rings. The molecule has 0 bridgehead atoms. The lowest BCUT2D eigenvalue weighted by Crippen LogP contribution is -2.49. The second-order valence-corrected chi connectivity index (χ2v) is 7.27. The molecule has 1 aliphatic heterocycles. The lowest BCUT2D eigenvalue weighted by Gasteiger charge is -2.35. The average Bonchev–Trinajstić information content (AvgIpc) is 3.21. The van der Waals surface area contributed by atoms with Gasteiger partial charge in [-0.1, -0.05) is 12.1 Å². The molecule has 30 heavy (non-hydrogen) atoms. The van der Waals surface area contributed by atoms with Crippen molar-refractivity contribution in [2.24, 2.45) is 5.73 Å². The van der Waals surface area contributed by atoms with Gasteiger partial charge in [-0.25, -0.2) is 0 Å². The fraction of sp³-hybridized carbons (Fsp3) is 0.476. The molecule has 164 valence electrons. The Morgan fingerprint density at radius 2 is 2.03 bits per heavy atom. The number of hydrogen-bond acceptors (Lipinski definition) is 5. The number of hydrogen-bond donors (Lipinski definition) is 2. The average molecular weight is 436 g/mol. The molecule has 9 heteroatoms. The molecule has 1 aromatic carbocycles. The first-order chi connectivity index (χ1) is 14.1. The van der Waals surface area contributed by atoms with Crippen LogP contribution in [0.3, 0.4) is 0 Å². The third-order valence-electron chi connectivity index (χ3n) is 5.18. The first-order valence-corrected chi connectivity index (χ1v) is 10.0. The quantitative estimate of drug-likeness (QED) is 0.658. The van der Waals surface area contributed by atoms with Crippen LogP contribution in [0.4, 0.5) is 0 Å². The highest BCUT2D eigenvalue weighted by Crippen LogP contribution is 2.20. The van der Waals surface area contributed by atoms with E-state index in [1.807, 2.05) is 29.2 Å². The molecule has 1 unspecified atom stereocenters. The zero-order valence-corrected chi connectivity index (χ0v) is 18.1. The number of piperidine rings is 1. The molecule has 0 saturated carbocycles. The summed E-state index contributed by atoms with van der Waals surface area (Å²) in [5.74, 6) is 0.696. The van der Waals surface area contributed by atoms with Gasteiger partial charge in [0, 0.05) is 38.3 Å². The van der Waals surface area contributed by atoms with E-state index in [4.69, 9.17) is 10.5 Å². The van der Waals surface area contributed by atoms with Crippen LogP contribution in [0.25, 0.3) is 0 Å². The molecule has 1 aromatic heterocycles. The number of benzene rings is 1. The van der Waals surface area contributed by atoms with Gasteiger partial charge >= 0.3 is 0 Å². The molecule has 0 radical (unpaired) electrons. The Labute approximate surface area is 183 Å². The van der Waals surface area contributed by atoms with E-state index in [1.165, 1.54) is 0 Å². The first kappa shape index (κ1) is 23.7. The van der Waals surface area contributed by atoms with Crippen LogP contribution in [-0.2, 0) is 11.3 Å². The number of rotatable bonds is 8. The number of amides is 2. The molecule has 2 amide bonds. The van der Waals surface area contributed by atoms with Crippen molar-refractivity contribution >= 4 is 24.2 Å². The highest BCUT2D eigenvalue weighted by molar-refractivity contribution is 5.94. The van der Waals surface area contributed by atoms with Crippen LogP contribution >= 0.6 is 12.4 Å². The summed E-state index contributed by atoms with van der Waals surface area (Å²) < 4.78 is 6.94. The van der Waals surface area contributed by atoms with Gasteiger partial charge in [0.2, 0.25) is 5.91 Å². The second-order valence-electron chi connectivity index (χ2n) is 7.27. The molecular formula is C21H30ClN5O3. The molecule has 0 spiro atoms. The fourth-order valence-corrected chi connectivity index (χ4v) is 3.58. The third kappa shape index (κ3) is 6.21. The van der Waals surface area contributed by atoms with Gasteiger partial charge in [-0.3, -0.25) is 14.3 Å². The molecule has 8 nitrogen and oxygen atoms in total. The maximum atomic E-state index is 13.1. The van der Waals surface area contributed by atoms with Crippen molar-refractivity contribution in [2.45, 2.75) is 38.3 Å². The van der Waals surface area contributed by atoms with Crippen molar-refractivity contribution in [1.29, 1.82) is 0 Å². The van der Waals surface area contributed by atoms with E-state index in [9.17, 15) is 9.59 Å². The summed E-state index contributed by atoms with van der Waals surface area (Å²) in [7, 11) is 1.64. The Morgan fingerprint density at radius 1 is 1.27 bits per heavy atom. The summed E-state index contributed by atoms with van der Waals surface area (Å²) in [6, 6.07) is 7.77. The van der Waals surface area contributed by atoms with Crippen molar-refractivity contribution in [1.82, 2.24) is 20.0 Å². The van der Waals surface area contributed by atoms with Gasteiger partial charge in [0.15, 0.2) is 0 Å². The van der Waals surface area contributed by atoms with E-state index < -0.39 is 0 Å². The molecule has 1 aliphatic rings. The van der Waals surface area contributed by atoms with Crippen molar-refractivity contribution in [3.63, 3.8) is 0 Å². The molecule has 3 N–H and O–H groups in total. The van der Waals surface area contributed by atoms with Gasteiger partial charge in [-0.2, -0.15) is 5.10 Å². The van der Waals surface area contributed by atoms with Crippen LogP contribution in [0, 0.1) is 0 Å². The summed E-state index contributed by atoms with van der Waals surface area (Å²) in [5, 5.41) is 7.24. The van der Waals surface area contributed by atoms with E-state index >= 15 is 0 Å². The summed E-state index contributed by atoms with van der Waals surface area (Å²) in [5.41, 5.74) is 7.06. The Balaban J connectivity index is 0.00000320. The molecule has 0 aliphatic carbocycles. The Bertz CT molecular complexity index is 824. The van der Waals surface area contributed by atoms with Crippen molar-refractivity contribution < 1.29 is 14.3 Å². The van der Waals surface area contributed by atoms with Crippen LogP contribution < -0.4 is 15.8 Å².